The van der Waals surface area contributed by atoms with Crippen molar-refractivity contribution in [2.45, 2.75) is 47.2 Å². The van der Waals surface area contributed by atoms with Crippen LogP contribution in [0.1, 0.15) is 52.7 Å². The van der Waals surface area contributed by atoms with Gasteiger partial charge in [-0.25, -0.2) is 4.39 Å². The van der Waals surface area contributed by atoms with Gasteiger partial charge in [0.25, 0.3) is 5.91 Å². The zero-order chi connectivity index (χ0) is 27.9. The highest BCUT2D eigenvalue weighted by Gasteiger charge is 2.21. The Hall–Kier alpha value is -3.22. The molecule has 0 bridgehead atoms. The van der Waals surface area contributed by atoms with E-state index in [-0.39, 0.29) is 18.0 Å². The summed E-state index contributed by atoms with van der Waals surface area (Å²) in [7, 11) is 0. The molecule has 0 saturated carbocycles. The number of rotatable bonds is 10. The summed E-state index contributed by atoms with van der Waals surface area (Å²) >= 11 is 12.6. The van der Waals surface area contributed by atoms with Crippen LogP contribution in [0.4, 0.5) is 10.1 Å². The fourth-order valence-electron chi connectivity index (χ4n) is 3.27. The Bertz CT molecular complexity index is 1290. The molecule has 0 aliphatic rings. The molecule has 0 spiro atoms. The number of carbonyl (C=O) groups is 1. The van der Waals surface area contributed by atoms with Crippen LogP contribution in [0.3, 0.4) is 0 Å². The van der Waals surface area contributed by atoms with E-state index < -0.39 is 11.6 Å². The van der Waals surface area contributed by atoms with Crippen molar-refractivity contribution in [2.24, 2.45) is 10.1 Å². The number of hydrogen-bond acceptors (Lipinski definition) is 4. The fraction of sp³-hybridized carbons (Fsp3) is 0.276. The number of alkyl halides is 1. The number of anilines is 1. The minimum Gasteiger partial charge on any atom is -0.320 e. The Morgan fingerprint density at radius 1 is 1.11 bits per heavy atom. The molecule has 2 aromatic rings. The maximum Gasteiger partial charge on any atom is 0.274 e. The van der Waals surface area contributed by atoms with Crippen molar-refractivity contribution in [3.63, 3.8) is 0 Å². The van der Waals surface area contributed by atoms with Crippen LogP contribution in [0.2, 0.25) is 10.0 Å². The molecule has 0 fully saturated rings. The predicted molar refractivity (Wildman–Crippen MR) is 157 cm³/mol. The maximum atomic E-state index is 14.3. The first-order chi connectivity index (χ1) is 17.2. The quantitative estimate of drug-likeness (QED) is 0.186. The predicted octanol–water partition coefficient (Wildman–Crippen LogP) is 8.43. The van der Waals surface area contributed by atoms with Gasteiger partial charge in [0.1, 0.15) is 11.4 Å². The summed E-state index contributed by atoms with van der Waals surface area (Å²) in [5.74, 6) is -0.434. The van der Waals surface area contributed by atoms with Crippen molar-refractivity contribution in [1.82, 2.24) is 5.01 Å². The van der Waals surface area contributed by atoms with Gasteiger partial charge in [0.05, 0.1) is 12.3 Å². The SMILES string of the molecule is C=CN(C/C(C)=N/C(C(=O)Nc1ccc(Cl)cc1C(=C)C)=C(\C)c1ccccc1Cl)/N=C(\C)C(C)(C)F. The third-order valence-electron chi connectivity index (χ3n) is 5.58. The number of nitrogens with zero attached hydrogens (tertiary/aromatic N) is 3. The van der Waals surface area contributed by atoms with Crippen LogP contribution in [-0.2, 0) is 4.79 Å². The summed E-state index contributed by atoms with van der Waals surface area (Å²) in [5.41, 5.74) is 2.71. The lowest BCUT2D eigenvalue weighted by molar-refractivity contribution is -0.112. The summed E-state index contributed by atoms with van der Waals surface area (Å²) < 4.78 is 14.3. The molecular formula is C29H33Cl2FN4O. The van der Waals surface area contributed by atoms with E-state index in [2.05, 4.69) is 28.6 Å². The summed E-state index contributed by atoms with van der Waals surface area (Å²) in [6.45, 7) is 17.8. The van der Waals surface area contributed by atoms with Gasteiger partial charge in [-0.1, -0.05) is 54.6 Å². The van der Waals surface area contributed by atoms with Crippen LogP contribution in [-0.4, -0.2) is 34.6 Å². The normalized spacial score (nSPS) is 13.1. The minimum atomic E-state index is -1.59. The first kappa shape index (κ1) is 30.0. The number of aliphatic imine (C=N–C) groups is 1. The number of hydrazone groups is 1. The van der Waals surface area contributed by atoms with Crippen LogP contribution in [0, 0.1) is 0 Å². The highest BCUT2D eigenvalue weighted by molar-refractivity contribution is 6.32. The Morgan fingerprint density at radius 2 is 1.76 bits per heavy atom. The monoisotopic (exact) mass is 542 g/mol. The van der Waals surface area contributed by atoms with E-state index in [1.165, 1.54) is 25.1 Å². The van der Waals surface area contributed by atoms with E-state index >= 15 is 0 Å². The van der Waals surface area contributed by atoms with E-state index in [9.17, 15) is 9.18 Å². The molecule has 0 heterocycles. The van der Waals surface area contributed by atoms with E-state index in [1.54, 1.807) is 45.0 Å². The molecule has 0 aromatic heterocycles. The molecule has 37 heavy (non-hydrogen) atoms. The first-order valence-electron chi connectivity index (χ1n) is 11.6. The van der Waals surface area contributed by atoms with Crippen LogP contribution in [0.25, 0.3) is 11.1 Å². The topological polar surface area (TPSA) is 57.1 Å². The lowest BCUT2D eigenvalue weighted by Crippen LogP contribution is -2.28. The van der Waals surface area contributed by atoms with E-state index in [0.29, 0.717) is 38.1 Å². The van der Waals surface area contributed by atoms with Crippen molar-refractivity contribution < 1.29 is 9.18 Å². The van der Waals surface area contributed by atoms with Crippen molar-refractivity contribution in [1.29, 1.82) is 0 Å². The van der Waals surface area contributed by atoms with Crippen LogP contribution >= 0.6 is 23.2 Å². The van der Waals surface area contributed by atoms with Gasteiger partial charge in [-0.15, -0.1) is 0 Å². The third kappa shape index (κ3) is 8.41. The van der Waals surface area contributed by atoms with Crippen molar-refractivity contribution in [2.75, 3.05) is 11.9 Å². The molecule has 1 amide bonds. The minimum absolute atomic E-state index is 0.170. The van der Waals surface area contributed by atoms with Crippen LogP contribution < -0.4 is 5.32 Å². The number of allylic oxidation sites excluding steroid dienone is 2. The number of nitrogens with one attached hydrogen (secondary N) is 1. The van der Waals surface area contributed by atoms with E-state index in [1.807, 2.05) is 25.1 Å². The number of amides is 1. The smallest absolute Gasteiger partial charge is 0.274 e. The zero-order valence-electron chi connectivity index (χ0n) is 22.1. The second kappa shape index (κ2) is 12.8. The molecule has 2 rings (SSSR count). The summed E-state index contributed by atoms with van der Waals surface area (Å²) in [5, 5.41) is 9.74. The zero-order valence-corrected chi connectivity index (χ0v) is 23.6. The molecule has 0 aliphatic carbocycles. The maximum absolute atomic E-state index is 14.3. The first-order valence-corrected chi connectivity index (χ1v) is 12.4. The second-order valence-corrected chi connectivity index (χ2v) is 10.0. The van der Waals surface area contributed by atoms with Crippen LogP contribution in [0.15, 0.2) is 77.6 Å². The molecule has 5 nitrogen and oxygen atoms in total. The molecule has 0 radical (unpaired) electrons. The average molecular weight is 544 g/mol. The molecule has 0 unspecified atom stereocenters. The van der Waals surface area contributed by atoms with E-state index in [4.69, 9.17) is 23.2 Å². The average Bonchev–Trinajstić information content (AvgIpc) is 2.82. The number of halogens is 3. The molecule has 0 saturated heterocycles. The molecule has 0 atom stereocenters. The number of carbonyl (C=O) groups excluding carboxylic acids is 1. The third-order valence-corrected chi connectivity index (χ3v) is 6.15. The molecule has 196 valence electrons. The summed E-state index contributed by atoms with van der Waals surface area (Å²) in [4.78, 5) is 18.3. The Labute approximate surface area is 229 Å². The highest BCUT2D eigenvalue weighted by atomic mass is 35.5. The largest absolute Gasteiger partial charge is 0.320 e. The van der Waals surface area contributed by atoms with Gasteiger partial charge in [0.2, 0.25) is 0 Å². The van der Waals surface area contributed by atoms with Gasteiger partial charge >= 0.3 is 0 Å². The van der Waals surface area contributed by atoms with Gasteiger partial charge in [-0.3, -0.25) is 14.8 Å². The summed E-state index contributed by atoms with van der Waals surface area (Å²) in [6, 6.07) is 12.4. The van der Waals surface area contributed by atoms with Gasteiger partial charge in [0, 0.05) is 33.2 Å². The molecule has 1 N–H and O–H groups in total. The Morgan fingerprint density at radius 3 is 2.32 bits per heavy atom. The van der Waals surface area contributed by atoms with Gasteiger partial charge in [0.15, 0.2) is 0 Å². The van der Waals surface area contributed by atoms with Gasteiger partial charge < -0.3 is 5.32 Å². The van der Waals surface area contributed by atoms with Gasteiger partial charge in [-0.2, -0.15) is 5.10 Å². The van der Waals surface area contributed by atoms with Crippen molar-refractivity contribution in [3.8, 4) is 0 Å². The van der Waals surface area contributed by atoms with Crippen molar-refractivity contribution in [3.05, 3.63) is 88.7 Å². The Balaban J connectivity index is 2.56. The standard InChI is InChI=1S/C29H33Cl2FN4O/c1-9-36(35-21(6)29(7,8)32)17-19(4)33-27(20(5)23-12-10-11-13-25(23)31)28(37)34-26-15-14-22(30)16-24(26)18(2)3/h9-16H,1-2,17H2,3-8H3,(H,34,37)/b27-20+,33-19+,35-21+. The van der Waals surface area contributed by atoms with Crippen molar-refractivity contribution >= 4 is 57.4 Å². The number of benzene rings is 2. The van der Waals surface area contributed by atoms with E-state index in [0.717, 1.165) is 5.57 Å². The number of hydrogen-bond donors (Lipinski definition) is 1. The molecule has 2 aromatic carbocycles. The highest BCUT2D eigenvalue weighted by Crippen LogP contribution is 2.30. The lowest BCUT2D eigenvalue weighted by atomic mass is 10.0. The Kier molecular flexibility index (Phi) is 10.4. The molecular weight excluding hydrogens is 510 g/mol. The molecule has 8 heteroatoms. The summed E-state index contributed by atoms with van der Waals surface area (Å²) in [6.07, 6.45) is 1.48. The van der Waals surface area contributed by atoms with Crippen LogP contribution in [0.5, 0.6) is 0 Å². The molecule has 0 aliphatic heterocycles. The van der Waals surface area contributed by atoms with Gasteiger partial charge in [-0.05, 0) is 82.5 Å². The lowest BCUT2D eigenvalue weighted by Gasteiger charge is -2.20. The second-order valence-electron chi connectivity index (χ2n) is 9.16. The fourth-order valence-corrected chi connectivity index (χ4v) is 3.72.